The van der Waals surface area contributed by atoms with Gasteiger partial charge in [0.2, 0.25) is 5.82 Å². The molecule has 3 aromatic heterocycles. The number of imidazole rings is 1. The van der Waals surface area contributed by atoms with Crippen molar-refractivity contribution in [2.75, 3.05) is 0 Å². The van der Waals surface area contributed by atoms with Crippen LogP contribution in [0, 0.1) is 0 Å². The molecule has 1 N–H and O–H groups in total. The number of nitrogens with one attached hydrogen (secondary N) is 1. The molecule has 0 saturated heterocycles. The molecule has 9 heteroatoms. The van der Waals surface area contributed by atoms with Gasteiger partial charge in [-0.25, -0.2) is 4.79 Å². The number of hydrogen-bond acceptors (Lipinski definition) is 5. The minimum absolute atomic E-state index is 0.0426. The smallest absolute Gasteiger partial charge is 0.290 e. The fourth-order valence-electron chi connectivity index (χ4n) is 4.13. The number of aromatic nitrogens is 7. The van der Waals surface area contributed by atoms with Crippen molar-refractivity contribution in [1.82, 2.24) is 34.7 Å². The van der Waals surface area contributed by atoms with Crippen LogP contribution in [0.5, 0.6) is 0 Å². The predicted molar refractivity (Wildman–Crippen MR) is 134 cm³/mol. The number of halogens is 1. The van der Waals surface area contributed by atoms with Crippen LogP contribution < -0.4 is 5.69 Å². The first-order valence-electron chi connectivity index (χ1n) is 11.8. The SMILES string of the molecule is CCCCCc1c(Cl)n(C(C)CC)c(=O)n1Cc1ccc(-c2ncccc2-c2nn[nH]n2)cc1. The van der Waals surface area contributed by atoms with Crippen LogP contribution in [0.15, 0.2) is 47.4 Å². The molecule has 1 aromatic carbocycles. The molecule has 0 spiro atoms. The number of tetrazole rings is 1. The van der Waals surface area contributed by atoms with Gasteiger partial charge in [0.25, 0.3) is 0 Å². The van der Waals surface area contributed by atoms with Gasteiger partial charge in [0.1, 0.15) is 5.15 Å². The fraction of sp³-hybridized carbons (Fsp3) is 0.400. The van der Waals surface area contributed by atoms with Gasteiger partial charge in [0.15, 0.2) is 0 Å². The second-order valence-corrected chi connectivity index (χ2v) is 8.88. The molecule has 1 atom stereocenters. The molecule has 0 bridgehead atoms. The van der Waals surface area contributed by atoms with E-state index in [1.54, 1.807) is 10.8 Å². The summed E-state index contributed by atoms with van der Waals surface area (Å²) in [6, 6.07) is 11.9. The zero-order chi connectivity index (χ0) is 24.1. The maximum absolute atomic E-state index is 13.3. The topological polar surface area (TPSA) is 94.3 Å². The highest BCUT2D eigenvalue weighted by atomic mass is 35.5. The van der Waals surface area contributed by atoms with Crippen molar-refractivity contribution in [3.63, 3.8) is 0 Å². The van der Waals surface area contributed by atoms with E-state index < -0.39 is 0 Å². The Kier molecular flexibility index (Phi) is 7.57. The first kappa shape index (κ1) is 23.9. The third-order valence-corrected chi connectivity index (χ3v) is 6.62. The van der Waals surface area contributed by atoms with Crippen molar-refractivity contribution in [2.45, 2.75) is 65.5 Å². The summed E-state index contributed by atoms with van der Waals surface area (Å²) >= 11 is 6.74. The van der Waals surface area contributed by atoms with Crippen LogP contribution >= 0.6 is 11.6 Å². The molecule has 0 amide bonds. The van der Waals surface area contributed by atoms with Gasteiger partial charge in [-0.3, -0.25) is 14.1 Å². The molecular weight excluding hydrogens is 450 g/mol. The van der Waals surface area contributed by atoms with Crippen molar-refractivity contribution in [2.24, 2.45) is 0 Å². The van der Waals surface area contributed by atoms with Gasteiger partial charge in [0.05, 0.1) is 17.9 Å². The lowest BCUT2D eigenvalue weighted by Gasteiger charge is -2.10. The molecule has 1 unspecified atom stereocenters. The molecule has 0 fully saturated rings. The predicted octanol–water partition coefficient (Wildman–Crippen LogP) is 5.30. The molecule has 0 aliphatic rings. The normalized spacial score (nSPS) is 12.2. The van der Waals surface area contributed by atoms with Crippen LogP contribution in [0.2, 0.25) is 5.15 Å². The lowest BCUT2D eigenvalue weighted by molar-refractivity contribution is 0.505. The van der Waals surface area contributed by atoms with Gasteiger partial charge in [0, 0.05) is 23.4 Å². The molecule has 34 heavy (non-hydrogen) atoms. The Labute approximate surface area is 204 Å². The number of aromatic amines is 1. The Hall–Kier alpha value is -3.26. The number of hydrogen-bond donors (Lipinski definition) is 1. The van der Waals surface area contributed by atoms with Crippen molar-refractivity contribution < 1.29 is 0 Å². The summed E-state index contributed by atoms with van der Waals surface area (Å²) in [4.78, 5) is 17.9. The van der Waals surface area contributed by atoms with E-state index in [9.17, 15) is 4.79 Å². The number of pyridine rings is 1. The van der Waals surface area contributed by atoms with Crippen LogP contribution in [0.1, 0.15) is 63.8 Å². The van der Waals surface area contributed by atoms with E-state index in [1.165, 1.54) is 0 Å². The number of benzene rings is 1. The third-order valence-electron chi connectivity index (χ3n) is 6.22. The fourth-order valence-corrected chi connectivity index (χ4v) is 4.57. The molecule has 178 valence electrons. The summed E-state index contributed by atoms with van der Waals surface area (Å²) in [6.07, 6.45) is 6.63. The molecule has 4 aromatic rings. The minimum Gasteiger partial charge on any atom is -0.290 e. The Morgan fingerprint density at radius 2 is 1.91 bits per heavy atom. The highest BCUT2D eigenvalue weighted by molar-refractivity contribution is 6.30. The highest BCUT2D eigenvalue weighted by Gasteiger charge is 2.21. The van der Waals surface area contributed by atoms with Gasteiger partial charge in [-0.05, 0) is 49.1 Å². The Balaban J connectivity index is 1.65. The first-order chi connectivity index (χ1) is 16.5. The van der Waals surface area contributed by atoms with E-state index >= 15 is 0 Å². The minimum atomic E-state index is -0.0426. The second kappa shape index (κ2) is 10.8. The van der Waals surface area contributed by atoms with Crippen molar-refractivity contribution in [3.8, 4) is 22.6 Å². The summed E-state index contributed by atoms with van der Waals surface area (Å²) in [5, 5.41) is 14.9. The van der Waals surface area contributed by atoms with E-state index in [1.807, 2.05) is 47.9 Å². The number of nitrogens with zero attached hydrogens (tertiary/aromatic N) is 6. The van der Waals surface area contributed by atoms with E-state index in [4.69, 9.17) is 11.6 Å². The van der Waals surface area contributed by atoms with Crippen LogP contribution in [0.4, 0.5) is 0 Å². The largest absolute Gasteiger partial charge is 0.330 e. The van der Waals surface area contributed by atoms with Crippen LogP contribution in [0.3, 0.4) is 0 Å². The first-order valence-corrected chi connectivity index (χ1v) is 12.2. The molecule has 0 saturated carbocycles. The monoisotopic (exact) mass is 479 g/mol. The number of unbranched alkanes of at least 4 members (excludes halogenated alkanes) is 2. The van der Waals surface area contributed by atoms with Crippen LogP contribution in [-0.2, 0) is 13.0 Å². The van der Waals surface area contributed by atoms with Crippen LogP contribution in [0.25, 0.3) is 22.6 Å². The maximum Gasteiger partial charge on any atom is 0.330 e. The lowest BCUT2D eigenvalue weighted by atomic mass is 10.0. The lowest BCUT2D eigenvalue weighted by Crippen LogP contribution is -2.27. The summed E-state index contributed by atoms with van der Waals surface area (Å²) in [7, 11) is 0. The zero-order valence-corrected chi connectivity index (χ0v) is 20.6. The van der Waals surface area contributed by atoms with Gasteiger partial charge >= 0.3 is 5.69 Å². The zero-order valence-electron chi connectivity index (χ0n) is 19.8. The Bertz CT molecular complexity index is 1280. The Morgan fingerprint density at radius 3 is 2.59 bits per heavy atom. The maximum atomic E-state index is 13.3. The van der Waals surface area contributed by atoms with E-state index in [0.717, 1.165) is 60.2 Å². The summed E-state index contributed by atoms with van der Waals surface area (Å²) in [5.74, 6) is 0.497. The molecule has 3 heterocycles. The van der Waals surface area contributed by atoms with Gasteiger partial charge < -0.3 is 0 Å². The molecule has 0 aliphatic heterocycles. The number of H-pyrrole nitrogens is 1. The molecule has 8 nitrogen and oxygen atoms in total. The van der Waals surface area contributed by atoms with E-state index in [-0.39, 0.29) is 11.7 Å². The van der Waals surface area contributed by atoms with Gasteiger partial charge in [-0.15, -0.1) is 10.2 Å². The van der Waals surface area contributed by atoms with E-state index in [2.05, 4.69) is 39.5 Å². The standard InChI is InChI=1S/C25H30ClN7O/c1-4-6-7-10-21-23(26)33(17(3)5-2)25(34)32(21)16-18-11-13-19(14-12-18)22-20(9-8-15-27-22)24-28-30-31-29-24/h8-9,11-15,17H,4-7,10,16H2,1-3H3,(H,28,29,30,31). The summed E-state index contributed by atoms with van der Waals surface area (Å²) < 4.78 is 3.58. The van der Waals surface area contributed by atoms with Gasteiger partial charge in [-0.2, -0.15) is 5.21 Å². The molecular formula is C25H30ClN7O. The average molecular weight is 480 g/mol. The van der Waals surface area contributed by atoms with E-state index in [0.29, 0.717) is 17.5 Å². The third kappa shape index (κ3) is 4.82. The Morgan fingerprint density at radius 1 is 1.12 bits per heavy atom. The average Bonchev–Trinajstić information content (AvgIpc) is 3.47. The summed E-state index contributed by atoms with van der Waals surface area (Å²) in [6.45, 7) is 6.76. The second-order valence-electron chi connectivity index (χ2n) is 8.52. The van der Waals surface area contributed by atoms with Crippen molar-refractivity contribution in [3.05, 3.63) is 69.5 Å². The highest BCUT2D eigenvalue weighted by Crippen LogP contribution is 2.28. The van der Waals surface area contributed by atoms with Crippen molar-refractivity contribution >= 4 is 11.6 Å². The van der Waals surface area contributed by atoms with Crippen LogP contribution in [-0.4, -0.2) is 34.7 Å². The summed E-state index contributed by atoms with van der Waals surface area (Å²) in [5.41, 5.74) is 4.43. The molecule has 0 aliphatic carbocycles. The van der Waals surface area contributed by atoms with Gasteiger partial charge in [-0.1, -0.05) is 62.6 Å². The molecule has 4 rings (SSSR count). The molecule has 0 radical (unpaired) electrons. The quantitative estimate of drug-likeness (QED) is 0.311. The van der Waals surface area contributed by atoms with Crippen molar-refractivity contribution in [1.29, 1.82) is 0 Å². The number of rotatable bonds is 10.